The number of nitrogens with two attached hydrogens (primary N) is 1. The van der Waals surface area contributed by atoms with E-state index in [1.54, 1.807) is 0 Å². The van der Waals surface area contributed by atoms with Crippen LogP contribution in [0.1, 0.15) is 30.0 Å². The van der Waals surface area contributed by atoms with E-state index in [2.05, 4.69) is 11.0 Å². The molecule has 0 bridgehead atoms. The zero-order valence-electron chi connectivity index (χ0n) is 11.7. The summed E-state index contributed by atoms with van der Waals surface area (Å²) in [5.74, 6) is -1.16. The smallest absolute Gasteiger partial charge is 0.329 e. The SMILES string of the molecule is Cc1cccc(C(CN)N2CCC(C(F)(F)F)CC2)c1. The van der Waals surface area contributed by atoms with Crippen LogP contribution in [0.5, 0.6) is 0 Å². The van der Waals surface area contributed by atoms with Gasteiger partial charge < -0.3 is 5.73 Å². The van der Waals surface area contributed by atoms with Crippen LogP contribution in [0.15, 0.2) is 24.3 Å². The maximum atomic E-state index is 12.7. The van der Waals surface area contributed by atoms with Crippen molar-refractivity contribution in [2.45, 2.75) is 32.0 Å². The Morgan fingerprint density at radius 2 is 1.95 bits per heavy atom. The molecule has 0 aromatic heterocycles. The fourth-order valence-electron chi connectivity index (χ4n) is 2.91. The summed E-state index contributed by atoms with van der Waals surface area (Å²) in [6.07, 6.45) is -3.72. The van der Waals surface area contributed by atoms with E-state index in [4.69, 9.17) is 5.73 Å². The van der Waals surface area contributed by atoms with Gasteiger partial charge in [-0.05, 0) is 38.4 Å². The molecule has 0 aliphatic carbocycles. The lowest BCUT2D eigenvalue weighted by molar-refractivity contribution is -0.186. The van der Waals surface area contributed by atoms with E-state index in [0.29, 0.717) is 19.6 Å². The predicted molar refractivity (Wildman–Crippen MR) is 73.3 cm³/mol. The molecule has 0 radical (unpaired) electrons. The molecule has 1 fully saturated rings. The third kappa shape index (κ3) is 3.52. The van der Waals surface area contributed by atoms with E-state index in [9.17, 15) is 13.2 Å². The minimum Gasteiger partial charge on any atom is -0.329 e. The Morgan fingerprint density at radius 3 is 2.45 bits per heavy atom. The first kappa shape index (κ1) is 15.3. The van der Waals surface area contributed by atoms with E-state index < -0.39 is 12.1 Å². The number of likely N-dealkylation sites (tertiary alicyclic amines) is 1. The lowest BCUT2D eigenvalue weighted by atomic mass is 9.93. The molecule has 0 saturated carbocycles. The lowest BCUT2D eigenvalue weighted by Crippen LogP contribution is -2.42. The number of halogens is 3. The van der Waals surface area contributed by atoms with Crippen molar-refractivity contribution in [3.8, 4) is 0 Å². The highest BCUT2D eigenvalue weighted by atomic mass is 19.4. The standard InChI is InChI=1S/C15H21F3N2/c1-11-3-2-4-12(9-11)14(10-19)20-7-5-13(6-8-20)15(16,17)18/h2-4,9,13-14H,5-8,10,19H2,1H3. The number of hydrogen-bond acceptors (Lipinski definition) is 2. The monoisotopic (exact) mass is 286 g/mol. The number of nitrogens with zero attached hydrogens (tertiary/aromatic N) is 1. The molecule has 1 aliphatic rings. The first-order valence-electron chi connectivity index (χ1n) is 6.99. The molecule has 1 aromatic carbocycles. The van der Waals surface area contributed by atoms with Crippen molar-refractivity contribution in [1.29, 1.82) is 0 Å². The van der Waals surface area contributed by atoms with Crippen LogP contribution in [0.2, 0.25) is 0 Å². The number of alkyl halides is 3. The van der Waals surface area contributed by atoms with Crippen LogP contribution < -0.4 is 5.73 Å². The molecule has 1 saturated heterocycles. The zero-order chi connectivity index (χ0) is 14.8. The Morgan fingerprint density at radius 1 is 1.30 bits per heavy atom. The minimum absolute atomic E-state index is 0.0177. The molecular weight excluding hydrogens is 265 g/mol. The van der Waals surface area contributed by atoms with E-state index >= 15 is 0 Å². The van der Waals surface area contributed by atoms with Gasteiger partial charge >= 0.3 is 6.18 Å². The molecule has 0 spiro atoms. The van der Waals surface area contributed by atoms with Gasteiger partial charge in [-0.2, -0.15) is 13.2 Å². The molecule has 1 aliphatic heterocycles. The summed E-state index contributed by atoms with van der Waals surface area (Å²) in [6, 6.07) is 8.06. The largest absolute Gasteiger partial charge is 0.391 e. The van der Waals surface area contributed by atoms with Gasteiger partial charge in [-0.3, -0.25) is 4.90 Å². The lowest BCUT2D eigenvalue weighted by Gasteiger charge is -2.38. The summed E-state index contributed by atoms with van der Waals surface area (Å²) in [4.78, 5) is 2.08. The number of rotatable bonds is 3. The van der Waals surface area contributed by atoms with Gasteiger partial charge in [0.05, 0.1) is 5.92 Å². The van der Waals surface area contributed by atoms with Crippen LogP contribution in [0, 0.1) is 12.8 Å². The average molecular weight is 286 g/mol. The quantitative estimate of drug-likeness (QED) is 0.924. The molecule has 1 aromatic rings. The van der Waals surface area contributed by atoms with Crippen molar-refractivity contribution < 1.29 is 13.2 Å². The second-order valence-electron chi connectivity index (χ2n) is 5.52. The van der Waals surface area contributed by atoms with Gasteiger partial charge in [0.25, 0.3) is 0 Å². The fraction of sp³-hybridized carbons (Fsp3) is 0.600. The molecule has 2 rings (SSSR count). The maximum Gasteiger partial charge on any atom is 0.391 e. The van der Waals surface area contributed by atoms with E-state index in [0.717, 1.165) is 11.1 Å². The Kier molecular flexibility index (Phi) is 4.70. The average Bonchev–Trinajstić information content (AvgIpc) is 2.39. The zero-order valence-corrected chi connectivity index (χ0v) is 11.7. The number of piperidine rings is 1. The van der Waals surface area contributed by atoms with Gasteiger partial charge in [0, 0.05) is 12.6 Å². The molecule has 5 heteroatoms. The van der Waals surface area contributed by atoms with E-state index in [1.807, 2.05) is 25.1 Å². The van der Waals surface area contributed by atoms with E-state index in [1.165, 1.54) is 0 Å². The molecule has 1 atom stereocenters. The Balaban J connectivity index is 2.04. The van der Waals surface area contributed by atoms with Gasteiger partial charge in [-0.1, -0.05) is 29.8 Å². The third-order valence-electron chi connectivity index (χ3n) is 4.08. The first-order chi connectivity index (χ1) is 9.41. The van der Waals surface area contributed by atoms with Crippen LogP contribution in [-0.2, 0) is 0 Å². The van der Waals surface area contributed by atoms with E-state index in [-0.39, 0.29) is 18.9 Å². The molecular formula is C15H21F3N2. The summed E-state index contributed by atoms with van der Waals surface area (Å²) in [7, 11) is 0. The summed E-state index contributed by atoms with van der Waals surface area (Å²) in [6.45, 7) is 3.35. The highest BCUT2D eigenvalue weighted by molar-refractivity contribution is 5.25. The molecule has 2 nitrogen and oxygen atoms in total. The van der Waals surface area contributed by atoms with Crippen molar-refractivity contribution in [3.05, 3.63) is 35.4 Å². The van der Waals surface area contributed by atoms with Gasteiger partial charge in [-0.15, -0.1) is 0 Å². The molecule has 112 valence electrons. The molecule has 0 amide bonds. The topological polar surface area (TPSA) is 29.3 Å². The van der Waals surface area contributed by atoms with Gasteiger partial charge in [0.2, 0.25) is 0 Å². The molecule has 1 unspecified atom stereocenters. The van der Waals surface area contributed by atoms with Crippen molar-refractivity contribution in [3.63, 3.8) is 0 Å². The minimum atomic E-state index is -4.06. The fourth-order valence-corrected chi connectivity index (χ4v) is 2.91. The molecule has 20 heavy (non-hydrogen) atoms. The highest BCUT2D eigenvalue weighted by Crippen LogP contribution is 2.36. The first-order valence-corrected chi connectivity index (χ1v) is 6.99. The van der Waals surface area contributed by atoms with Crippen LogP contribution in [0.4, 0.5) is 13.2 Å². The van der Waals surface area contributed by atoms with Crippen LogP contribution >= 0.6 is 0 Å². The maximum absolute atomic E-state index is 12.7. The van der Waals surface area contributed by atoms with Crippen LogP contribution in [-0.4, -0.2) is 30.7 Å². The molecule has 2 N–H and O–H groups in total. The second kappa shape index (κ2) is 6.14. The number of aryl methyl sites for hydroxylation is 1. The normalized spacial score (nSPS) is 20.1. The van der Waals surface area contributed by atoms with Crippen LogP contribution in [0.25, 0.3) is 0 Å². The van der Waals surface area contributed by atoms with Gasteiger partial charge in [-0.25, -0.2) is 0 Å². The Bertz CT molecular complexity index is 437. The van der Waals surface area contributed by atoms with Crippen molar-refractivity contribution in [2.24, 2.45) is 11.7 Å². The van der Waals surface area contributed by atoms with Gasteiger partial charge in [0.15, 0.2) is 0 Å². The summed E-state index contributed by atoms with van der Waals surface area (Å²) >= 11 is 0. The Labute approximate surface area is 117 Å². The van der Waals surface area contributed by atoms with Crippen molar-refractivity contribution in [2.75, 3.05) is 19.6 Å². The second-order valence-corrected chi connectivity index (χ2v) is 5.52. The Hall–Kier alpha value is -1.07. The van der Waals surface area contributed by atoms with Gasteiger partial charge in [0.1, 0.15) is 0 Å². The van der Waals surface area contributed by atoms with Crippen LogP contribution in [0.3, 0.4) is 0 Å². The van der Waals surface area contributed by atoms with Crippen molar-refractivity contribution >= 4 is 0 Å². The summed E-state index contributed by atoms with van der Waals surface area (Å²) in [5.41, 5.74) is 8.08. The van der Waals surface area contributed by atoms with Crippen molar-refractivity contribution in [1.82, 2.24) is 4.90 Å². The predicted octanol–water partition coefficient (Wildman–Crippen LogP) is 3.27. The summed E-state index contributed by atoms with van der Waals surface area (Å²) < 4.78 is 38.1. The highest BCUT2D eigenvalue weighted by Gasteiger charge is 2.41. The third-order valence-corrected chi connectivity index (χ3v) is 4.08. The molecule has 1 heterocycles. The number of benzene rings is 1. The number of hydrogen-bond donors (Lipinski definition) is 1. The summed E-state index contributed by atoms with van der Waals surface area (Å²) in [5, 5.41) is 0.